The summed E-state index contributed by atoms with van der Waals surface area (Å²) < 4.78 is 6.21. The molecule has 2 fully saturated rings. The van der Waals surface area contributed by atoms with Crippen molar-refractivity contribution < 1.29 is 19.1 Å². The highest BCUT2D eigenvalue weighted by Crippen LogP contribution is 2.40. The van der Waals surface area contributed by atoms with Gasteiger partial charge in [0.1, 0.15) is 18.7 Å². The highest BCUT2D eigenvalue weighted by molar-refractivity contribution is 6.04. The molecule has 3 aliphatic heterocycles. The van der Waals surface area contributed by atoms with E-state index in [1.807, 2.05) is 25.2 Å². The Hall–Kier alpha value is -2.75. The van der Waals surface area contributed by atoms with Crippen molar-refractivity contribution in [3.05, 3.63) is 17.5 Å². The van der Waals surface area contributed by atoms with Crippen LogP contribution in [0.4, 0.5) is 10.7 Å². The van der Waals surface area contributed by atoms with Crippen LogP contribution in [0.2, 0.25) is 0 Å². The fraction of sp³-hybridized carbons (Fsp3) is 0.632. The summed E-state index contributed by atoms with van der Waals surface area (Å²) in [5, 5.41) is 0. The molecule has 1 aromatic rings. The van der Waals surface area contributed by atoms with Gasteiger partial charge in [-0.1, -0.05) is 0 Å². The topological polar surface area (TPSA) is 99.2 Å². The predicted octanol–water partition coefficient (Wildman–Crippen LogP) is -0.173. The molecular formula is C19H26N6O4. The van der Waals surface area contributed by atoms with Crippen LogP contribution >= 0.6 is 0 Å². The first-order chi connectivity index (χ1) is 13.8. The van der Waals surface area contributed by atoms with Crippen LogP contribution in [0.5, 0.6) is 0 Å². The lowest BCUT2D eigenvalue weighted by atomic mass is 9.83. The van der Waals surface area contributed by atoms with Gasteiger partial charge in [-0.05, 0) is 24.8 Å². The fourth-order valence-corrected chi connectivity index (χ4v) is 4.17. The van der Waals surface area contributed by atoms with Gasteiger partial charge in [-0.3, -0.25) is 14.5 Å². The number of hydrogen-bond acceptors (Lipinski definition) is 7. The van der Waals surface area contributed by atoms with Crippen molar-refractivity contribution in [1.29, 1.82) is 0 Å². The van der Waals surface area contributed by atoms with Gasteiger partial charge in [0.15, 0.2) is 0 Å². The number of piperidine rings is 1. The number of likely N-dealkylation sites (N-methyl/N-ethyl adjacent to an activating group) is 1. The number of amides is 4. The third-order valence-corrected chi connectivity index (χ3v) is 5.88. The molecule has 3 aliphatic rings. The van der Waals surface area contributed by atoms with E-state index < -0.39 is 11.6 Å². The van der Waals surface area contributed by atoms with Crippen molar-refractivity contribution in [2.75, 3.05) is 58.8 Å². The van der Waals surface area contributed by atoms with Crippen LogP contribution in [0.1, 0.15) is 24.1 Å². The third-order valence-electron chi connectivity index (χ3n) is 5.88. The summed E-state index contributed by atoms with van der Waals surface area (Å²) in [5.41, 5.74) is 1.50. The van der Waals surface area contributed by atoms with E-state index in [1.54, 1.807) is 11.9 Å². The first-order valence-electron chi connectivity index (χ1n) is 9.82. The monoisotopic (exact) mass is 402 g/mol. The Bertz CT molecular complexity index is 849. The second kappa shape index (κ2) is 7.25. The van der Waals surface area contributed by atoms with Crippen molar-refractivity contribution in [2.24, 2.45) is 0 Å². The van der Waals surface area contributed by atoms with Gasteiger partial charge in [0.2, 0.25) is 11.9 Å². The van der Waals surface area contributed by atoms with E-state index in [4.69, 9.17) is 9.72 Å². The molecule has 1 spiro atoms. The Morgan fingerprint density at radius 2 is 2.00 bits per heavy atom. The number of aromatic nitrogens is 2. The van der Waals surface area contributed by atoms with Crippen molar-refractivity contribution >= 4 is 23.8 Å². The van der Waals surface area contributed by atoms with Crippen molar-refractivity contribution in [3.63, 3.8) is 0 Å². The largest absolute Gasteiger partial charge is 0.368 e. The maximum atomic E-state index is 12.7. The second-order valence-corrected chi connectivity index (χ2v) is 8.03. The zero-order valence-electron chi connectivity index (χ0n) is 17.1. The van der Waals surface area contributed by atoms with Gasteiger partial charge in [0, 0.05) is 40.4 Å². The van der Waals surface area contributed by atoms with Gasteiger partial charge >= 0.3 is 6.03 Å². The fourth-order valence-electron chi connectivity index (χ4n) is 4.17. The van der Waals surface area contributed by atoms with Gasteiger partial charge in [-0.15, -0.1) is 0 Å². The van der Waals surface area contributed by atoms with Gasteiger partial charge in [0.05, 0.1) is 12.3 Å². The molecule has 0 atom stereocenters. The van der Waals surface area contributed by atoms with Crippen LogP contribution in [0.3, 0.4) is 0 Å². The molecule has 4 heterocycles. The van der Waals surface area contributed by atoms with E-state index in [9.17, 15) is 14.4 Å². The van der Waals surface area contributed by atoms with Crippen molar-refractivity contribution in [1.82, 2.24) is 24.7 Å². The quantitative estimate of drug-likeness (QED) is 0.647. The zero-order chi connectivity index (χ0) is 20.8. The van der Waals surface area contributed by atoms with Crippen molar-refractivity contribution in [3.8, 4) is 0 Å². The molecule has 156 valence electrons. The number of likely N-dealkylation sites (tertiary alicyclic amines) is 1. The molecule has 4 amide bonds. The molecule has 0 aliphatic carbocycles. The van der Waals surface area contributed by atoms with Gasteiger partial charge in [-0.25, -0.2) is 14.8 Å². The molecule has 0 unspecified atom stereocenters. The highest BCUT2D eigenvalue weighted by atomic mass is 16.5. The summed E-state index contributed by atoms with van der Waals surface area (Å²) in [6.45, 7) is 1.40. The van der Waals surface area contributed by atoms with Gasteiger partial charge in [0.25, 0.3) is 5.91 Å². The van der Waals surface area contributed by atoms with E-state index in [1.165, 1.54) is 4.90 Å². The molecule has 10 heteroatoms. The molecule has 0 saturated carbocycles. The lowest BCUT2D eigenvalue weighted by Crippen LogP contribution is -2.51. The van der Waals surface area contributed by atoms with E-state index >= 15 is 0 Å². The number of urea groups is 1. The van der Waals surface area contributed by atoms with Gasteiger partial charge < -0.3 is 19.4 Å². The second-order valence-electron chi connectivity index (χ2n) is 8.03. The van der Waals surface area contributed by atoms with Gasteiger partial charge in [-0.2, -0.15) is 0 Å². The molecule has 29 heavy (non-hydrogen) atoms. The number of anilines is 1. The first kappa shape index (κ1) is 19.6. The third kappa shape index (κ3) is 3.41. The van der Waals surface area contributed by atoms with Crippen LogP contribution in [-0.2, 0) is 26.3 Å². The summed E-state index contributed by atoms with van der Waals surface area (Å²) in [4.78, 5) is 51.7. The number of hydrogen-bond donors (Lipinski definition) is 0. The molecule has 4 rings (SSSR count). The average molecular weight is 402 g/mol. The van der Waals surface area contributed by atoms with Crippen molar-refractivity contribution in [2.45, 2.75) is 24.9 Å². The summed E-state index contributed by atoms with van der Waals surface area (Å²) in [5.74, 6) is 0.0867. The molecule has 10 nitrogen and oxygen atoms in total. The number of nitrogens with zero attached hydrogens (tertiary/aromatic N) is 6. The minimum Gasteiger partial charge on any atom is -0.368 e. The van der Waals surface area contributed by atoms with Crippen LogP contribution in [0.15, 0.2) is 6.20 Å². The van der Waals surface area contributed by atoms with E-state index in [0.29, 0.717) is 38.5 Å². The molecule has 0 radical (unpaired) electrons. The Balaban J connectivity index is 1.46. The first-order valence-corrected chi connectivity index (χ1v) is 9.82. The summed E-state index contributed by atoms with van der Waals surface area (Å²) >= 11 is 0. The molecule has 0 aromatic carbocycles. The van der Waals surface area contributed by atoms with Crippen LogP contribution in [0.25, 0.3) is 0 Å². The molecule has 0 N–H and O–H groups in total. The molecule has 0 bridgehead atoms. The normalized spacial score (nSPS) is 21.0. The number of imide groups is 1. The lowest BCUT2D eigenvalue weighted by molar-refractivity contribution is -0.144. The Labute approximate surface area is 169 Å². The maximum Gasteiger partial charge on any atom is 0.327 e. The predicted molar refractivity (Wildman–Crippen MR) is 103 cm³/mol. The maximum absolute atomic E-state index is 12.7. The van der Waals surface area contributed by atoms with E-state index in [2.05, 4.69) is 4.98 Å². The number of carbonyl (C=O) groups excluding carboxylic acids is 3. The lowest BCUT2D eigenvalue weighted by Gasteiger charge is -2.44. The average Bonchev–Trinajstić information content (AvgIpc) is 2.94. The molecule has 1 aromatic heterocycles. The Morgan fingerprint density at radius 3 is 2.62 bits per heavy atom. The number of rotatable bonds is 3. The van der Waals surface area contributed by atoms with E-state index in [-0.39, 0.29) is 24.9 Å². The van der Waals surface area contributed by atoms with Crippen LogP contribution in [0, 0.1) is 0 Å². The van der Waals surface area contributed by atoms with E-state index in [0.717, 1.165) is 22.6 Å². The standard InChI is InChI=1S/C19H26N6O4/c1-22(2)17-20-10-13-4-9-29-19(16(13)21-17)5-7-24(8-6-19)14(26)12-25-15(27)11-23(3)18(25)28/h10H,4-9,11-12H2,1-3H3. The molecule has 2 saturated heterocycles. The Kier molecular flexibility index (Phi) is 4.89. The minimum absolute atomic E-state index is 0.0216. The summed E-state index contributed by atoms with van der Waals surface area (Å²) in [7, 11) is 5.35. The Morgan fingerprint density at radius 1 is 1.28 bits per heavy atom. The number of ether oxygens (including phenoxy) is 1. The SMILES string of the molecule is CN1CC(=O)N(CC(=O)N2CCC3(CC2)OCCc2cnc(N(C)C)nc23)C1=O. The van der Waals surface area contributed by atoms with Crippen LogP contribution < -0.4 is 4.90 Å². The smallest absolute Gasteiger partial charge is 0.327 e. The summed E-state index contributed by atoms with van der Waals surface area (Å²) in [6, 6.07) is -0.422. The highest BCUT2D eigenvalue weighted by Gasteiger charge is 2.44. The summed E-state index contributed by atoms with van der Waals surface area (Å²) in [6.07, 6.45) is 3.90. The zero-order valence-corrected chi connectivity index (χ0v) is 17.1. The minimum atomic E-state index is -0.516. The number of carbonyl (C=O) groups is 3. The molecular weight excluding hydrogens is 376 g/mol. The van der Waals surface area contributed by atoms with Crippen LogP contribution in [-0.4, -0.2) is 96.4 Å². The number of fused-ring (bicyclic) bond motifs is 2.